The van der Waals surface area contributed by atoms with Gasteiger partial charge in [0.1, 0.15) is 0 Å². The summed E-state index contributed by atoms with van der Waals surface area (Å²) in [5.74, 6) is 2.41. The van der Waals surface area contributed by atoms with Crippen LogP contribution in [0.5, 0.6) is 0 Å². The van der Waals surface area contributed by atoms with E-state index in [0.29, 0.717) is 6.04 Å². The molecule has 2 aliphatic rings. The normalized spacial score (nSPS) is 35.8. The number of hydrogen-bond acceptors (Lipinski definition) is 2. The summed E-state index contributed by atoms with van der Waals surface area (Å²) < 4.78 is 0. The second-order valence-corrected chi connectivity index (χ2v) is 5.89. The van der Waals surface area contributed by atoms with E-state index in [9.17, 15) is 0 Å². The zero-order valence-electron chi connectivity index (χ0n) is 8.37. The van der Waals surface area contributed by atoms with Crippen molar-refractivity contribution < 1.29 is 0 Å². The molecule has 2 heteroatoms. The zero-order valence-corrected chi connectivity index (χ0v) is 9.19. The first-order valence-corrected chi connectivity index (χ1v) is 6.78. The second kappa shape index (κ2) is 4.70. The molecule has 2 atom stereocenters. The summed E-state index contributed by atoms with van der Waals surface area (Å²) in [7, 11) is 0. The Hall–Kier alpha value is 0.310. The molecule has 0 aromatic heterocycles. The summed E-state index contributed by atoms with van der Waals surface area (Å²) in [6.45, 7) is 0. The smallest absolute Gasteiger partial charge is 0.0199 e. The first-order valence-electron chi connectivity index (χ1n) is 5.73. The molecule has 0 heterocycles. The Bertz CT molecular complexity index is 154. The van der Waals surface area contributed by atoms with Gasteiger partial charge in [0.2, 0.25) is 0 Å². The fraction of sp³-hybridized carbons (Fsp3) is 1.00. The lowest BCUT2D eigenvalue weighted by Crippen LogP contribution is -2.27. The molecule has 0 amide bonds. The van der Waals surface area contributed by atoms with Gasteiger partial charge in [0, 0.05) is 11.3 Å². The maximum absolute atomic E-state index is 6.04. The van der Waals surface area contributed by atoms with Crippen LogP contribution in [0.3, 0.4) is 0 Å². The fourth-order valence-corrected chi connectivity index (χ4v) is 4.17. The Labute approximate surface area is 85.8 Å². The van der Waals surface area contributed by atoms with Crippen molar-refractivity contribution in [3.8, 4) is 0 Å². The molecule has 2 fully saturated rings. The number of nitrogens with two attached hydrogens (primary N) is 1. The molecule has 76 valence electrons. The average molecular weight is 199 g/mol. The lowest BCUT2D eigenvalue weighted by Gasteiger charge is -2.17. The van der Waals surface area contributed by atoms with E-state index < -0.39 is 0 Å². The first kappa shape index (κ1) is 9.85. The third-order valence-electron chi connectivity index (χ3n) is 3.52. The highest BCUT2D eigenvalue weighted by molar-refractivity contribution is 7.99. The van der Waals surface area contributed by atoms with E-state index in [-0.39, 0.29) is 0 Å². The van der Waals surface area contributed by atoms with Crippen molar-refractivity contribution in [2.24, 2.45) is 11.7 Å². The van der Waals surface area contributed by atoms with Gasteiger partial charge in [0.25, 0.3) is 0 Å². The predicted octanol–water partition coefficient (Wildman–Crippen LogP) is 2.79. The van der Waals surface area contributed by atoms with E-state index >= 15 is 0 Å². The molecule has 2 saturated carbocycles. The molecule has 2 aliphatic carbocycles. The third kappa shape index (κ3) is 2.63. The van der Waals surface area contributed by atoms with E-state index in [1.54, 1.807) is 0 Å². The van der Waals surface area contributed by atoms with Crippen LogP contribution in [0, 0.1) is 5.92 Å². The summed E-state index contributed by atoms with van der Waals surface area (Å²) in [5.41, 5.74) is 6.04. The van der Waals surface area contributed by atoms with Crippen LogP contribution in [-0.2, 0) is 0 Å². The van der Waals surface area contributed by atoms with Gasteiger partial charge in [0.05, 0.1) is 0 Å². The molecular weight excluding hydrogens is 178 g/mol. The Balaban J connectivity index is 1.66. The van der Waals surface area contributed by atoms with Crippen LogP contribution in [0.2, 0.25) is 0 Å². The van der Waals surface area contributed by atoms with E-state index in [4.69, 9.17) is 5.73 Å². The maximum Gasteiger partial charge on any atom is 0.0199 e. The molecule has 2 N–H and O–H groups in total. The monoisotopic (exact) mass is 199 g/mol. The van der Waals surface area contributed by atoms with Crippen LogP contribution in [0.1, 0.15) is 44.9 Å². The van der Waals surface area contributed by atoms with Crippen molar-refractivity contribution >= 4 is 11.8 Å². The summed E-state index contributed by atoms with van der Waals surface area (Å²) in [6.07, 6.45) is 9.91. The molecule has 0 aromatic rings. The summed E-state index contributed by atoms with van der Waals surface area (Å²) in [6, 6.07) is 0.506. The molecule has 0 bridgehead atoms. The standard InChI is InChI=1S/C11H21NS/c12-10-6-3-7-11(10)13-8-9-4-1-2-5-9/h9-11H,1-8,12H2. The molecule has 13 heavy (non-hydrogen) atoms. The van der Waals surface area contributed by atoms with E-state index in [0.717, 1.165) is 11.2 Å². The predicted molar refractivity (Wildman–Crippen MR) is 60.0 cm³/mol. The van der Waals surface area contributed by atoms with Crippen LogP contribution in [0.4, 0.5) is 0 Å². The van der Waals surface area contributed by atoms with Gasteiger partial charge >= 0.3 is 0 Å². The van der Waals surface area contributed by atoms with Crippen molar-refractivity contribution in [2.75, 3.05) is 5.75 Å². The van der Waals surface area contributed by atoms with Crippen molar-refractivity contribution in [1.29, 1.82) is 0 Å². The Kier molecular flexibility index (Phi) is 3.56. The highest BCUT2D eigenvalue weighted by Gasteiger charge is 2.25. The third-order valence-corrected chi connectivity index (χ3v) is 5.20. The van der Waals surface area contributed by atoms with Gasteiger partial charge in [-0.15, -0.1) is 0 Å². The van der Waals surface area contributed by atoms with Gasteiger partial charge in [-0.05, 0) is 37.4 Å². The Morgan fingerprint density at radius 2 is 1.77 bits per heavy atom. The number of hydrogen-bond donors (Lipinski definition) is 1. The lowest BCUT2D eigenvalue weighted by atomic mass is 10.1. The van der Waals surface area contributed by atoms with E-state index in [1.165, 1.54) is 50.7 Å². The van der Waals surface area contributed by atoms with Crippen LogP contribution < -0.4 is 5.73 Å². The van der Waals surface area contributed by atoms with Crippen molar-refractivity contribution in [1.82, 2.24) is 0 Å². The molecule has 0 saturated heterocycles. The minimum Gasteiger partial charge on any atom is -0.327 e. The largest absolute Gasteiger partial charge is 0.327 e. The Morgan fingerprint density at radius 1 is 1.00 bits per heavy atom. The van der Waals surface area contributed by atoms with Crippen LogP contribution >= 0.6 is 11.8 Å². The van der Waals surface area contributed by atoms with E-state index in [1.807, 2.05) is 0 Å². The van der Waals surface area contributed by atoms with Gasteiger partial charge in [0.15, 0.2) is 0 Å². The van der Waals surface area contributed by atoms with Crippen LogP contribution in [0.15, 0.2) is 0 Å². The van der Waals surface area contributed by atoms with Gasteiger partial charge in [-0.2, -0.15) is 11.8 Å². The van der Waals surface area contributed by atoms with Crippen LogP contribution in [-0.4, -0.2) is 17.0 Å². The second-order valence-electron chi connectivity index (χ2n) is 4.62. The minimum absolute atomic E-state index is 0.506. The summed E-state index contributed by atoms with van der Waals surface area (Å²) in [4.78, 5) is 0. The lowest BCUT2D eigenvalue weighted by molar-refractivity contribution is 0.619. The topological polar surface area (TPSA) is 26.0 Å². The van der Waals surface area contributed by atoms with E-state index in [2.05, 4.69) is 11.8 Å². The molecule has 2 rings (SSSR count). The van der Waals surface area contributed by atoms with Crippen LogP contribution in [0.25, 0.3) is 0 Å². The number of thioether (sulfide) groups is 1. The van der Waals surface area contributed by atoms with Gasteiger partial charge in [-0.3, -0.25) is 0 Å². The highest BCUT2D eigenvalue weighted by atomic mass is 32.2. The van der Waals surface area contributed by atoms with Crippen molar-refractivity contribution in [3.05, 3.63) is 0 Å². The van der Waals surface area contributed by atoms with Crippen molar-refractivity contribution in [3.63, 3.8) is 0 Å². The molecule has 0 spiro atoms. The van der Waals surface area contributed by atoms with Crippen molar-refractivity contribution in [2.45, 2.75) is 56.2 Å². The molecular formula is C11H21NS. The molecule has 0 radical (unpaired) electrons. The fourth-order valence-electron chi connectivity index (χ4n) is 2.60. The number of rotatable bonds is 3. The molecule has 0 aromatic carbocycles. The Morgan fingerprint density at radius 3 is 2.38 bits per heavy atom. The molecule has 1 nitrogen and oxygen atoms in total. The minimum atomic E-state index is 0.506. The summed E-state index contributed by atoms with van der Waals surface area (Å²) in [5, 5.41) is 0.792. The first-order chi connectivity index (χ1) is 6.36. The average Bonchev–Trinajstić information content (AvgIpc) is 2.72. The van der Waals surface area contributed by atoms with Gasteiger partial charge in [-0.25, -0.2) is 0 Å². The quantitative estimate of drug-likeness (QED) is 0.756. The highest BCUT2D eigenvalue weighted by Crippen LogP contribution is 2.34. The van der Waals surface area contributed by atoms with Gasteiger partial charge in [-0.1, -0.05) is 19.3 Å². The van der Waals surface area contributed by atoms with Gasteiger partial charge < -0.3 is 5.73 Å². The molecule has 0 aliphatic heterocycles. The summed E-state index contributed by atoms with van der Waals surface area (Å²) >= 11 is 2.16. The SMILES string of the molecule is NC1CCCC1SCC1CCCC1. The zero-order chi connectivity index (χ0) is 9.10. The molecule has 2 unspecified atom stereocenters. The maximum atomic E-state index is 6.04.